The van der Waals surface area contributed by atoms with Gasteiger partial charge in [0.25, 0.3) is 0 Å². The van der Waals surface area contributed by atoms with Crippen LogP contribution in [0.1, 0.15) is 24.5 Å². The van der Waals surface area contributed by atoms with Crippen molar-refractivity contribution in [3.63, 3.8) is 0 Å². The highest BCUT2D eigenvalue weighted by atomic mass is 16.5. The van der Waals surface area contributed by atoms with Crippen LogP contribution < -0.4 is 10.6 Å². The van der Waals surface area contributed by atoms with Crippen LogP contribution in [0.15, 0.2) is 6.07 Å². The molecule has 0 bridgehead atoms. The zero-order chi connectivity index (χ0) is 16.1. The lowest BCUT2D eigenvalue weighted by atomic mass is 10.3. The number of carboxylic acids is 1. The Hall–Kier alpha value is -1.93. The van der Waals surface area contributed by atoms with Gasteiger partial charge in [-0.3, -0.25) is 9.69 Å². The molecule has 3 N–H and O–H groups in total. The number of carbonyl (C=O) groups is 1. The maximum atomic E-state index is 10.7. The lowest BCUT2D eigenvalue weighted by Crippen LogP contribution is -2.39. The zero-order valence-corrected chi connectivity index (χ0v) is 13.1. The van der Waals surface area contributed by atoms with Crippen LogP contribution in [0.2, 0.25) is 0 Å². The molecule has 0 atom stereocenters. The highest BCUT2D eigenvalue weighted by Crippen LogP contribution is 2.39. The molecule has 1 saturated heterocycles. The minimum atomic E-state index is -0.924. The summed E-state index contributed by atoms with van der Waals surface area (Å²) < 4.78 is 5.34. The minimum absolute atomic E-state index is 0.179. The number of hydrogen-bond donors (Lipinski definition) is 3. The summed E-state index contributed by atoms with van der Waals surface area (Å²) in [6.07, 6.45) is 2.28. The molecule has 8 nitrogen and oxygen atoms in total. The van der Waals surface area contributed by atoms with Gasteiger partial charge in [0.15, 0.2) is 0 Å². The molecule has 1 aliphatic carbocycles. The molecule has 0 spiro atoms. The molecule has 1 saturated carbocycles. The van der Waals surface area contributed by atoms with Crippen molar-refractivity contribution in [2.75, 3.05) is 56.6 Å². The fourth-order valence-corrected chi connectivity index (χ4v) is 2.55. The van der Waals surface area contributed by atoms with E-state index >= 15 is 0 Å². The largest absolute Gasteiger partial charge is 0.480 e. The molecule has 2 aliphatic rings. The highest BCUT2D eigenvalue weighted by molar-refractivity contribution is 5.71. The number of aromatic nitrogens is 2. The summed E-state index contributed by atoms with van der Waals surface area (Å²) in [5, 5.41) is 14.9. The SMILES string of the molecule is O=C(O)CNc1nc(NCCN2CCOCC2)cc(C2CC2)n1. The van der Waals surface area contributed by atoms with Gasteiger partial charge in [-0.25, -0.2) is 4.98 Å². The number of morpholine rings is 1. The molecule has 0 radical (unpaired) electrons. The second-order valence-corrected chi connectivity index (χ2v) is 5.90. The van der Waals surface area contributed by atoms with E-state index in [2.05, 4.69) is 25.5 Å². The van der Waals surface area contributed by atoms with Crippen LogP contribution in [-0.2, 0) is 9.53 Å². The molecule has 23 heavy (non-hydrogen) atoms. The van der Waals surface area contributed by atoms with E-state index in [0.29, 0.717) is 11.9 Å². The Labute approximate surface area is 135 Å². The Morgan fingerprint density at radius 1 is 1.30 bits per heavy atom. The molecule has 0 amide bonds. The lowest BCUT2D eigenvalue weighted by molar-refractivity contribution is -0.134. The third kappa shape index (κ3) is 5.04. The summed E-state index contributed by atoms with van der Waals surface area (Å²) in [4.78, 5) is 21.8. The number of nitrogens with one attached hydrogen (secondary N) is 2. The van der Waals surface area contributed by atoms with E-state index in [-0.39, 0.29) is 6.54 Å². The Morgan fingerprint density at radius 2 is 2.09 bits per heavy atom. The fourth-order valence-electron chi connectivity index (χ4n) is 2.55. The molecular weight excluding hydrogens is 298 g/mol. The van der Waals surface area contributed by atoms with Crippen molar-refractivity contribution in [1.29, 1.82) is 0 Å². The average molecular weight is 321 g/mol. The first-order chi connectivity index (χ1) is 11.2. The van der Waals surface area contributed by atoms with Gasteiger partial charge in [0.1, 0.15) is 12.4 Å². The fraction of sp³-hybridized carbons (Fsp3) is 0.667. The van der Waals surface area contributed by atoms with Gasteiger partial charge in [-0.15, -0.1) is 0 Å². The average Bonchev–Trinajstić information content (AvgIpc) is 3.39. The Morgan fingerprint density at radius 3 is 2.78 bits per heavy atom. The van der Waals surface area contributed by atoms with Gasteiger partial charge in [-0.1, -0.05) is 0 Å². The number of rotatable bonds is 8. The molecule has 2 fully saturated rings. The van der Waals surface area contributed by atoms with Crippen LogP contribution in [0.25, 0.3) is 0 Å². The number of nitrogens with zero attached hydrogens (tertiary/aromatic N) is 3. The molecule has 1 aromatic rings. The molecule has 1 aromatic heterocycles. The Balaban J connectivity index is 1.56. The van der Waals surface area contributed by atoms with Crippen LogP contribution in [-0.4, -0.2) is 71.9 Å². The van der Waals surface area contributed by atoms with E-state index < -0.39 is 5.97 Å². The number of aliphatic carboxylic acids is 1. The normalized spacial score (nSPS) is 18.6. The van der Waals surface area contributed by atoms with Gasteiger partial charge in [-0.05, 0) is 12.8 Å². The van der Waals surface area contributed by atoms with Crippen LogP contribution in [0.4, 0.5) is 11.8 Å². The zero-order valence-electron chi connectivity index (χ0n) is 13.1. The van der Waals surface area contributed by atoms with E-state index in [0.717, 1.165) is 63.7 Å². The summed E-state index contributed by atoms with van der Waals surface area (Å²) in [5.74, 6) is 0.698. The van der Waals surface area contributed by atoms with E-state index in [9.17, 15) is 4.79 Å². The van der Waals surface area contributed by atoms with Crippen LogP contribution in [0.5, 0.6) is 0 Å². The highest BCUT2D eigenvalue weighted by Gasteiger charge is 2.26. The summed E-state index contributed by atoms with van der Waals surface area (Å²) >= 11 is 0. The van der Waals surface area contributed by atoms with E-state index in [1.807, 2.05) is 6.07 Å². The second-order valence-electron chi connectivity index (χ2n) is 5.90. The Kier molecular flexibility index (Phi) is 5.24. The first-order valence-corrected chi connectivity index (χ1v) is 8.09. The van der Waals surface area contributed by atoms with Crippen molar-refractivity contribution in [2.45, 2.75) is 18.8 Å². The van der Waals surface area contributed by atoms with Crippen molar-refractivity contribution >= 4 is 17.7 Å². The summed E-state index contributed by atoms with van der Waals surface area (Å²) in [6, 6.07) is 1.98. The molecule has 0 unspecified atom stereocenters. The van der Waals surface area contributed by atoms with Crippen molar-refractivity contribution < 1.29 is 14.6 Å². The number of hydrogen-bond acceptors (Lipinski definition) is 7. The molecule has 0 aromatic carbocycles. The van der Waals surface area contributed by atoms with Crippen LogP contribution in [0, 0.1) is 0 Å². The van der Waals surface area contributed by atoms with Crippen molar-refractivity contribution in [1.82, 2.24) is 14.9 Å². The standard InChI is InChI=1S/C15H23N5O3/c21-14(22)10-17-15-18-12(11-1-2-11)9-13(19-15)16-3-4-20-5-7-23-8-6-20/h9,11H,1-8,10H2,(H,21,22)(H2,16,17,18,19). The smallest absolute Gasteiger partial charge is 0.322 e. The topological polar surface area (TPSA) is 99.6 Å². The minimum Gasteiger partial charge on any atom is -0.480 e. The van der Waals surface area contributed by atoms with Crippen molar-refractivity contribution in [2.24, 2.45) is 0 Å². The lowest BCUT2D eigenvalue weighted by Gasteiger charge is -2.26. The molecule has 8 heteroatoms. The number of anilines is 2. The van der Waals surface area contributed by atoms with Crippen LogP contribution in [0.3, 0.4) is 0 Å². The maximum absolute atomic E-state index is 10.7. The third-order valence-electron chi connectivity index (χ3n) is 3.98. The van der Waals surface area contributed by atoms with E-state index in [4.69, 9.17) is 9.84 Å². The first-order valence-electron chi connectivity index (χ1n) is 8.09. The van der Waals surface area contributed by atoms with Gasteiger partial charge in [0.05, 0.1) is 18.9 Å². The number of ether oxygens (including phenoxy) is 1. The third-order valence-corrected chi connectivity index (χ3v) is 3.98. The van der Waals surface area contributed by atoms with Gasteiger partial charge in [0, 0.05) is 38.2 Å². The predicted octanol–water partition coefficient (Wildman–Crippen LogP) is 0.595. The Bertz CT molecular complexity index is 544. The van der Waals surface area contributed by atoms with Gasteiger partial charge < -0.3 is 20.5 Å². The first kappa shape index (κ1) is 15.9. The molecule has 1 aliphatic heterocycles. The molecular formula is C15H23N5O3. The second kappa shape index (κ2) is 7.56. The number of carboxylic acid groups (broad SMARTS) is 1. The molecule has 2 heterocycles. The van der Waals surface area contributed by atoms with Gasteiger partial charge >= 0.3 is 5.97 Å². The summed E-state index contributed by atoms with van der Waals surface area (Å²) in [7, 11) is 0. The van der Waals surface area contributed by atoms with Gasteiger partial charge in [0.2, 0.25) is 5.95 Å². The monoisotopic (exact) mass is 321 g/mol. The molecule has 126 valence electrons. The predicted molar refractivity (Wildman–Crippen MR) is 85.9 cm³/mol. The van der Waals surface area contributed by atoms with E-state index in [1.165, 1.54) is 0 Å². The molecule has 3 rings (SSSR count). The van der Waals surface area contributed by atoms with Crippen molar-refractivity contribution in [3.8, 4) is 0 Å². The maximum Gasteiger partial charge on any atom is 0.322 e. The quantitative estimate of drug-likeness (QED) is 0.640. The van der Waals surface area contributed by atoms with Gasteiger partial charge in [-0.2, -0.15) is 4.98 Å². The van der Waals surface area contributed by atoms with E-state index in [1.54, 1.807) is 0 Å². The summed E-state index contributed by atoms with van der Waals surface area (Å²) in [6.45, 7) is 5.06. The van der Waals surface area contributed by atoms with Crippen molar-refractivity contribution in [3.05, 3.63) is 11.8 Å². The summed E-state index contributed by atoms with van der Waals surface area (Å²) in [5.41, 5.74) is 0.988. The van der Waals surface area contributed by atoms with Crippen LogP contribution >= 0.6 is 0 Å².